The van der Waals surface area contributed by atoms with Crippen molar-refractivity contribution in [3.05, 3.63) is 28.2 Å². The predicted octanol–water partition coefficient (Wildman–Crippen LogP) is 1.60. The standard InChI is InChI=1S/C11H15BrN2OS/c12-10-2-1-3-11(13)9(10)8-14-4-6-16(15)7-5-14/h1-3H,4-8,13H2. The maximum Gasteiger partial charge on any atom is 0.0371 e. The normalized spacial score (nSPS) is 18.8. The molecule has 0 bridgehead atoms. The number of hydrogen-bond donors (Lipinski definition) is 1. The molecular formula is C11H15BrN2OS. The van der Waals surface area contributed by atoms with Crippen molar-refractivity contribution >= 4 is 32.4 Å². The van der Waals surface area contributed by atoms with E-state index in [-0.39, 0.29) is 0 Å². The van der Waals surface area contributed by atoms with Crippen molar-refractivity contribution in [2.75, 3.05) is 30.3 Å². The molecule has 1 heterocycles. The first-order chi connectivity index (χ1) is 7.66. The van der Waals surface area contributed by atoms with Crippen molar-refractivity contribution in [1.29, 1.82) is 0 Å². The number of nitrogen functional groups attached to an aromatic ring is 1. The first kappa shape index (κ1) is 12.1. The minimum Gasteiger partial charge on any atom is -0.398 e. The van der Waals surface area contributed by atoms with Gasteiger partial charge in [-0.05, 0) is 12.1 Å². The van der Waals surface area contributed by atoms with E-state index in [0.29, 0.717) is 0 Å². The van der Waals surface area contributed by atoms with Crippen LogP contribution >= 0.6 is 15.9 Å². The molecule has 0 radical (unpaired) electrons. The summed E-state index contributed by atoms with van der Waals surface area (Å²) >= 11 is 3.52. The minimum absolute atomic E-state index is 0.614. The smallest absolute Gasteiger partial charge is 0.0371 e. The molecule has 1 fully saturated rings. The molecule has 0 aromatic heterocycles. The van der Waals surface area contributed by atoms with Crippen molar-refractivity contribution in [3.8, 4) is 0 Å². The van der Waals surface area contributed by atoms with Crippen molar-refractivity contribution in [3.63, 3.8) is 0 Å². The van der Waals surface area contributed by atoms with Crippen LogP contribution in [0.5, 0.6) is 0 Å². The van der Waals surface area contributed by atoms with Gasteiger partial charge in [0.25, 0.3) is 0 Å². The Morgan fingerprint density at radius 1 is 1.38 bits per heavy atom. The van der Waals surface area contributed by atoms with Crippen LogP contribution < -0.4 is 5.73 Å². The molecule has 0 aliphatic carbocycles. The molecule has 1 aromatic rings. The highest BCUT2D eigenvalue weighted by Crippen LogP contribution is 2.24. The Hall–Kier alpha value is -0.390. The van der Waals surface area contributed by atoms with E-state index in [2.05, 4.69) is 20.8 Å². The number of halogens is 1. The molecule has 1 aliphatic rings. The van der Waals surface area contributed by atoms with Crippen molar-refractivity contribution in [2.24, 2.45) is 0 Å². The molecule has 16 heavy (non-hydrogen) atoms. The highest BCUT2D eigenvalue weighted by Gasteiger charge is 2.16. The largest absolute Gasteiger partial charge is 0.398 e. The Kier molecular flexibility index (Phi) is 4.00. The van der Waals surface area contributed by atoms with Gasteiger partial charge in [0.2, 0.25) is 0 Å². The maximum atomic E-state index is 11.2. The monoisotopic (exact) mass is 302 g/mol. The van der Waals surface area contributed by atoms with Gasteiger partial charge >= 0.3 is 0 Å². The first-order valence-electron chi connectivity index (χ1n) is 5.27. The van der Waals surface area contributed by atoms with Gasteiger partial charge in [-0.3, -0.25) is 9.11 Å². The molecule has 1 aliphatic heterocycles. The lowest BCUT2D eigenvalue weighted by Gasteiger charge is -2.27. The molecule has 5 heteroatoms. The van der Waals surface area contributed by atoms with Gasteiger partial charge < -0.3 is 5.73 Å². The lowest BCUT2D eigenvalue weighted by Crippen LogP contribution is -2.37. The van der Waals surface area contributed by atoms with Crippen molar-refractivity contribution < 1.29 is 4.21 Å². The molecule has 2 N–H and O–H groups in total. The van der Waals surface area contributed by atoms with Crippen LogP contribution in [0.2, 0.25) is 0 Å². The van der Waals surface area contributed by atoms with E-state index in [9.17, 15) is 4.21 Å². The van der Waals surface area contributed by atoms with Crippen LogP contribution in [0, 0.1) is 0 Å². The van der Waals surface area contributed by atoms with Crippen LogP contribution in [0.1, 0.15) is 5.56 Å². The summed E-state index contributed by atoms with van der Waals surface area (Å²) in [5.74, 6) is 1.56. The number of anilines is 1. The van der Waals surface area contributed by atoms with Crippen molar-refractivity contribution in [2.45, 2.75) is 6.54 Å². The third-order valence-corrected chi connectivity index (χ3v) is 4.83. The molecule has 0 spiro atoms. The third-order valence-electron chi connectivity index (χ3n) is 2.81. The fourth-order valence-electron chi connectivity index (χ4n) is 1.80. The Labute approximate surface area is 107 Å². The van der Waals surface area contributed by atoms with Crippen LogP contribution in [0.4, 0.5) is 5.69 Å². The van der Waals surface area contributed by atoms with E-state index in [0.717, 1.165) is 46.9 Å². The molecule has 0 saturated carbocycles. The lowest BCUT2D eigenvalue weighted by atomic mass is 10.1. The SMILES string of the molecule is Nc1cccc(Br)c1CN1CCS(=O)CC1. The minimum atomic E-state index is -0.614. The second kappa shape index (κ2) is 5.29. The fraction of sp³-hybridized carbons (Fsp3) is 0.455. The summed E-state index contributed by atoms with van der Waals surface area (Å²) in [6, 6.07) is 5.87. The zero-order valence-electron chi connectivity index (χ0n) is 8.99. The lowest BCUT2D eigenvalue weighted by molar-refractivity contribution is 0.291. The Balaban J connectivity index is 2.06. The Bertz CT molecular complexity index is 381. The van der Waals surface area contributed by atoms with E-state index >= 15 is 0 Å². The summed E-state index contributed by atoms with van der Waals surface area (Å²) in [5, 5.41) is 0. The molecule has 1 aromatic carbocycles. The van der Waals surface area contributed by atoms with E-state index in [1.54, 1.807) is 0 Å². The van der Waals surface area contributed by atoms with Crippen LogP contribution in [-0.2, 0) is 17.3 Å². The number of nitrogens with two attached hydrogens (primary N) is 1. The topological polar surface area (TPSA) is 46.3 Å². The van der Waals surface area contributed by atoms with E-state index in [1.807, 2.05) is 18.2 Å². The van der Waals surface area contributed by atoms with Gasteiger partial charge in [-0.1, -0.05) is 22.0 Å². The van der Waals surface area contributed by atoms with Gasteiger partial charge in [-0.25, -0.2) is 0 Å². The second-order valence-electron chi connectivity index (χ2n) is 3.93. The average molecular weight is 303 g/mol. The molecule has 3 nitrogen and oxygen atoms in total. The van der Waals surface area contributed by atoms with Gasteiger partial charge in [0, 0.05) is 57.7 Å². The average Bonchev–Trinajstić information content (AvgIpc) is 2.26. The third kappa shape index (κ3) is 2.84. The molecule has 0 amide bonds. The van der Waals surface area contributed by atoms with Crippen molar-refractivity contribution in [1.82, 2.24) is 4.90 Å². The Morgan fingerprint density at radius 3 is 2.69 bits per heavy atom. The summed E-state index contributed by atoms with van der Waals surface area (Å²) in [6.45, 7) is 2.63. The summed E-state index contributed by atoms with van der Waals surface area (Å²) < 4.78 is 12.3. The highest BCUT2D eigenvalue weighted by atomic mass is 79.9. The molecule has 0 unspecified atom stereocenters. The molecule has 2 rings (SSSR count). The number of benzene rings is 1. The van der Waals surface area contributed by atoms with Gasteiger partial charge in [0.05, 0.1) is 0 Å². The van der Waals surface area contributed by atoms with Gasteiger partial charge in [-0.15, -0.1) is 0 Å². The number of nitrogens with zero attached hydrogens (tertiary/aromatic N) is 1. The zero-order chi connectivity index (χ0) is 11.5. The summed E-state index contributed by atoms with van der Waals surface area (Å²) in [4.78, 5) is 2.30. The quantitative estimate of drug-likeness (QED) is 0.844. The van der Waals surface area contributed by atoms with E-state index in [4.69, 9.17) is 5.73 Å². The molecule has 88 valence electrons. The second-order valence-corrected chi connectivity index (χ2v) is 6.48. The number of hydrogen-bond acceptors (Lipinski definition) is 3. The van der Waals surface area contributed by atoms with Crippen LogP contribution in [0.3, 0.4) is 0 Å². The maximum absolute atomic E-state index is 11.2. The van der Waals surface area contributed by atoms with E-state index < -0.39 is 10.8 Å². The predicted molar refractivity (Wildman–Crippen MR) is 71.7 cm³/mol. The van der Waals surface area contributed by atoms with Crippen LogP contribution in [-0.4, -0.2) is 33.7 Å². The molecule has 1 saturated heterocycles. The first-order valence-corrected chi connectivity index (χ1v) is 7.55. The van der Waals surface area contributed by atoms with Crippen LogP contribution in [0.25, 0.3) is 0 Å². The van der Waals surface area contributed by atoms with Gasteiger partial charge in [-0.2, -0.15) is 0 Å². The summed E-state index contributed by atoms with van der Waals surface area (Å²) in [7, 11) is -0.614. The van der Waals surface area contributed by atoms with Gasteiger partial charge in [0.1, 0.15) is 0 Å². The van der Waals surface area contributed by atoms with E-state index in [1.165, 1.54) is 0 Å². The fourth-order valence-corrected chi connectivity index (χ4v) is 3.43. The zero-order valence-corrected chi connectivity index (χ0v) is 11.4. The van der Waals surface area contributed by atoms with Gasteiger partial charge in [0.15, 0.2) is 0 Å². The Morgan fingerprint density at radius 2 is 2.06 bits per heavy atom. The summed E-state index contributed by atoms with van der Waals surface area (Å²) in [6.07, 6.45) is 0. The summed E-state index contributed by atoms with van der Waals surface area (Å²) in [5.41, 5.74) is 7.90. The molecule has 0 atom stereocenters. The number of rotatable bonds is 2. The molecular weight excluding hydrogens is 288 g/mol. The van der Waals surface area contributed by atoms with Crippen LogP contribution in [0.15, 0.2) is 22.7 Å². The highest BCUT2D eigenvalue weighted by molar-refractivity contribution is 9.10.